The summed E-state index contributed by atoms with van der Waals surface area (Å²) in [5.41, 5.74) is -0.223. The Labute approximate surface area is 214 Å². The first-order valence-corrected chi connectivity index (χ1v) is 13.4. The smallest absolute Gasteiger partial charge is 0.245 e. The molecule has 1 aromatic carbocycles. The van der Waals surface area contributed by atoms with Gasteiger partial charge in [-0.15, -0.1) is 12.4 Å². The molecule has 0 unspecified atom stereocenters. The van der Waals surface area contributed by atoms with Crippen LogP contribution in [0, 0.1) is 11.6 Å². The molecule has 4 rings (SSSR count). The van der Waals surface area contributed by atoms with Crippen molar-refractivity contribution in [3.63, 3.8) is 0 Å². The number of benzene rings is 1. The van der Waals surface area contributed by atoms with E-state index in [1.165, 1.54) is 6.20 Å². The van der Waals surface area contributed by atoms with Crippen molar-refractivity contribution in [1.82, 2.24) is 14.9 Å². The van der Waals surface area contributed by atoms with Crippen molar-refractivity contribution < 1.29 is 22.0 Å². The molecule has 8 nitrogen and oxygen atoms in total. The maximum atomic E-state index is 14.6. The van der Waals surface area contributed by atoms with Gasteiger partial charge in [-0.3, -0.25) is 9.78 Å². The van der Waals surface area contributed by atoms with Crippen LogP contribution in [0.25, 0.3) is 0 Å². The van der Waals surface area contributed by atoms with Gasteiger partial charge in [-0.05, 0) is 38.2 Å². The molecule has 0 bridgehead atoms. The van der Waals surface area contributed by atoms with Crippen LogP contribution in [-0.2, 0) is 14.6 Å². The quantitative estimate of drug-likeness (QED) is 0.607. The first-order valence-electron chi connectivity index (χ1n) is 11.1. The Morgan fingerprint density at radius 2 is 1.77 bits per heavy atom. The minimum Gasteiger partial charge on any atom is -0.371 e. The Balaban J connectivity index is 0.00000342. The standard InChI is InChI=1S/C22H26ClF2N5O3S.ClH/c1-34(32,33)19-11-15(24)18(10-16(19)25)27-17-4-2-3-7-30(22(17)31)14-5-8-29(9-6-14)21-13-26-12-20(23)28-21;/h10-14,17,27H,2-9H2,1H3;1H/t17-;/m0./s1. The van der Waals surface area contributed by atoms with Crippen molar-refractivity contribution in [2.24, 2.45) is 0 Å². The summed E-state index contributed by atoms with van der Waals surface area (Å²) >= 11 is 5.95. The monoisotopic (exact) mass is 549 g/mol. The molecule has 192 valence electrons. The third-order valence-electron chi connectivity index (χ3n) is 6.30. The summed E-state index contributed by atoms with van der Waals surface area (Å²) in [7, 11) is -3.91. The van der Waals surface area contributed by atoms with E-state index in [1.54, 1.807) is 6.20 Å². The van der Waals surface area contributed by atoms with Gasteiger partial charge in [0.05, 0.1) is 18.1 Å². The largest absolute Gasteiger partial charge is 0.371 e. The van der Waals surface area contributed by atoms with Gasteiger partial charge in [-0.25, -0.2) is 22.2 Å². The summed E-state index contributed by atoms with van der Waals surface area (Å²) in [6.45, 7) is 1.98. The van der Waals surface area contributed by atoms with Crippen molar-refractivity contribution in [2.45, 2.75) is 49.1 Å². The highest BCUT2D eigenvalue weighted by atomic mass is 35.5. The summed E-state index contributed by atoms with van der Waals surface area (Å²) in [4.78, 5) is 24.9. The molecule has 3 heterocycles. The topological polar surface area (TPSA) is 95.5 Å². The van der Waals surface area contributed by atoms with Gasteiger partial charge in [0, 0.05) is 38.0 Å². The molecule has 2 saturated heterocycles. The Kier molecular flexibility index (Phi) is 8.76. The number of amides is 1. The average molecular weight is 550 g/mol. The van der Waals surface area contributed by atoms with Crippen molar-refractivity contribution >= 4 is 51.3 Å². The van der Waals surface area contributed by atoms with E-state index >= 15 is 0 Å². The second kappa shape index (κ2) is 11.2. The van der Waals surface area contributed by atoms with Crippen LogP contribution >= 0.6 is 24.0 Å². The van der Waals surface area contributed by atoms with Crippen LogP contribution in [0.5, 0.6) is 0 Å². The number of hydrogen-bond donors (Lipinski definition) is 1. The predicted octanol–water partition coefficient (Wildman–Crippen LogP) is 3.70. The zero-order valence-corrected chi connectivity index (χ0v) is 21.5. The van der Waals surface area contributed by atoms with Gasteiger partial charge in [0.2, 0.25) is 5.91 Å². The minimum absolute atomic E-state index is 0. The fraction of sp³-hybridized carbons (Fsp3) is 0.500. The van der Waals surface area contributed by atoms with Crippen LogP contribution in [0.2, 0.25) is 5.15 Å². The number of hydrogen-bond acceptors (Lipinski definition) is 7. The van der Waals surface area contributed by atoms with Gasteiger partial charge >= 0.3 is 0 Å². The lowest BCUT2D eigenvalue weighted by Gasteiger charge is -2.39. The maximum absolute atomic E-state index is 14.6. The number of nitrogens with one attached hydrogen (secondary N) is 1. The van der Waals surface area contributed by atoms with Crippen LogP contribution in [-0.4, -0.2) is 67.2 Å². The number of anilines is 2. The summed E-state index contributed by atoms with van der Waals surface area (Å²) in [6.07, 6.45) is 7.46. The molecule has 1 N–H and O–H groups in total. The molecular weight excluding hydrogens is 523 g/mol. The van der Waals surface area contributed by atoms with E-state index in [1.807, 2.05) is 4.90 Å². The molecule has 0 spiro atoms. The van der Waals surface area contributed by atoms with E-state index < -0.39 is 32.4 Å². The molecular formula is C22H27Cl2F2N5O3S. The molecule has 2 aromatic rings. The highest BCUT2D eigenvalue weighted by Gasteiger charge is 2.34. The molecule has 1 amide bonds. The number of likely N-dealkylation sites (tertiary alicyclic amines) is 1. The SMILES string of the molecule is CS(=O)(=O)c1cc(F)c(N[C@H]2CCCCN(C3CCN(c4cncc(Cl)n4)CC3)C2=O)cc1F.Cl. The van der Waals surface area contributed by atoms with Crippen LogP contribution in [0.1, 0.15) is 32.1 Å². The predicted molar refractivity (Wildman–Crippen MR) is 132 cm³/mol. The zero-order valence-electron chi connectivity index (χ0n) is 19.1. The highest BCUT2D eigenvalue weighted by Crippen LogP contribution is 2.28. The Morgan fingerprint density at radius 1 is 1.06 bits per heavy atom. The molecule has 0 aliphatic carbocycles. The molecule has 13 heteroatoms. The fourth-order valence-corrected chi connectivity index (χ4v) is 5.44. The molecule has 2 fully saturated rings. The number of piperidine rings is 1. The van der Waals surface area contributed by atoms with Gasteiger partial charge in [0.1, 0.15) is 33.5 Å². The van der Waals surface area contributed by atoms with Gasteiger partial charge in [0.25, 0.3) is 0 Å². The third kappa shape index (κ3) is 6.31. The second-order valence-corrected chi connectivity index (χ2v) is 11.0. The first kappa shape index (κ1) is 27.3. The number of aromatic nitrogens is 2. The molecule has 35 heavy (non-hydrogen) atoms. The van der Waals surface area contributed by atoms with Gasteiger partial charge in [-0.2, -0.15) is 0 Å². The normalized spacial score (nSPS) is 19.8. The van der Waals surface area contributed by atoms with E-state index in [4.69, 9.17) is 11.6 Å². The number of nitrogens with zero attached hydrogens (tertiary/aromatic N) is 4. The number of carbonyl (C=O) groups is 1. The number of carbonyl (C=O) groups excluding carboxylic acids is 1. The minimum atomic E-state index is -3.91. The Morgan fingerprint density at radius 3 is 2.43 bits per heavy atom. The molecule has 0 radical (unpaired) electrons. The summed E-state index contributed by atoms with van der Waals surface area (Å²) in [6, 6.07) is 0.754. The summed E-state index contributed by atoms with van der Waals surface area (Å²) < 4.78 is 52.2. The second-order valence-electron chi connectivity index (χ2n) is 8.68. The van der Waals surface area contributed by atoms with Crippen LogP contribution in [0.15, 0.2) is 29.4 Å². The van der Waals surface area contributed by atoms with Crippen molar-refractivity contribution in [3.8, 4) is 0 Å². The van der Waals surface area contributed by atoms with Crippen LogP contribution < -0.4 is 10.2 Å². The number of sulfone groups is 1. The summed E-state index contributed by atoms with van der Waals surface area (Å²) in [5.74, 6) is -1.43. The van der Waals surface area contributed by atoms with Crippen molar-refractivity contribution in [1.29, 1.82) is 0 Å². The molecule has 0 saturated carbocycles. The molecule has 1 aromatic heterocycles. The van der Waals surface area contributed by atoms with E-state index in [9.17, 15) is 22.0 Å². The maximum Gasteiger partial charge on any atom is 0.245 e. The van der Waals surface area contributed by atoms with Crippen molar-refractivity contribution in [2.75, 3.05) is 36.1 Å². The van der Waals surface area contributed by atoms with E-state index in [0.717, 1.165) is 38.0 Å². The number of rotatable bonds is 5. The van der Waals surface area contributed by atoms with Crippen molar-refractivity contribution in [3.05, 3.63) is 41.3 Å². The lowest BCUT2D eigenvalue weighted by molar-refractivity contribution is -0.134. The Bertz CT molecular complexity index is 1180. The van der Waals surface area contributed by atoms with Crippen LogP contribution in [0.3, 0.4) is 0 Å². The van der Waals surface area contributed by atoms with E-state index in [0.29, 0.717) is 43.1 Å². The number of halogens is 4. The van der Waals surface area contributed by atoms with Gasteiger partial charge in [0.15, 0.2) is 9.84 Å². The zero-order chi connectivity index (χ0) is 24.5. The highest BCUT2D eigenvalue weighted by molar-refractivity contribution is 7.90. The van der Waals surface area contributed by atoms with Gasteiger partial charge < -0.3 is 15.1 Å². The van der Waals surface area contributed by atoms with E-state index in [-0.39, 0.29) is 30.0 Å². The van der Waals surface area contributed by atoms with Gasteiger partial charge in [-0.1, -0.05) is 11.6 Å². The molecule has 1 atom stereocenters. The van der Waals surface area contributed by atoms with E-state index in [2.05, 4.69) is 20.2 Å². The lowest BCUT2D eigenvalue weighted by atomic mass is 10.0. The molecule has 2 aliphatic heterocycles. The Hall–Kier alpha value is -2.24. The van der Waals surface area contributed by atoms with Crippen LogP contribution in [0.4, 0.5) is 20.3 Å². The fourth-order valence-electron chi connectivity index (χ4n) is 4.56. The third-order valence-corrected chi connectivity index (χ3v) is 7.59. The molecule has 2 aliphatic rings. The summed E-state index contributed by atoms with van der Waals surface area (Å²) in [5, 5.41) is 3.15. The lowest BCUT2D eigenvalue weighted by Crippen LogP contribution is -2.51. The average Bonchev–Trinajstić information content (AvgIpc) is 2.97. The first-order chi connectivity index (χ1) is 16.1.